The molecule has 0 rings (SSSR count). The van der Waals surface area contributed by atoms with Crippen molar-refractivity contribution in [3.8, 4) is 0 Å². The monoisotopic (exact) mass is 202 g/mol. The highest BCUT2D eigenvalue weighted by Gasteiger charge is 2.30. The number of halogens is 3. The summed E-state index contributed by atoms with van der Waals surface area (Å²) in [7, 11) is -2.54. The fraction of sp³-hybridized carbons (Fsp3) is 0.333. The van der Waals surface area contributed by atoms with Gasteiger partial charge in [0.05, 0.1) is 0 Å². The van der Waals surface area contributed by atoms with Crippen molar-refractivity contribution in [1.29, 1.82) is 0 Å². The van der Waals surface area contributed by atoms with Crippen LogP contribution in [0.3, 0.4) is 0 Å². The highest BCUT2D eigenvalue weighted by atomic mass is 19.3. The highest BCUT2D eigenvalue weighted by Crippen LogP contribution is 1.98. The van der Waals surface area contributed by atoms with Crippen molar-refractivity contribution in [3.63, 3.8) is 0 Å². The standard InChI is InChI=1S/C3H2BF3O6/c5-11-3(9)1-2(8)10-4(12-6)13-7/h1H2. The van der Waals surface area contributed by atoms with E-state index < -0.39 is 25.7 Å². The number of hydrogen-bond acceptors (Lipinski definition) is 6. The van der Waals surface area contributed by atoms with Crippen LogP contribution in [0, 0.1) is 0 Å². The minimum atomic E-state index is -2.54. The van der Waals surface area contributed by atoms with E-state index in [4.69, 9.17) is 0 Å². The minimum absolute atomic E-state index is 1.17. The summed E-state index contributed by atoms with van der Waals surface area (Å²) in [5.74, 6) is -3.07. The lowest BCUT2D eigenvalue weighted by Crippen LogP contribution is -2.26. The molecule has 0 aliphatic heterocycles. The van der Waals surface area contributed by atoms with Crippen LogP contribution >= 0.6 is 0 Å². The summed E-state index contributed by atoms with van der Waals surface area (Å²) in [6.07, 6.45) is -1.17. The van der Waals surface area contributed by atoms with Crippen LogP contribution in [-0.2, 0) is 28.9 Å². The SMILES string of the molecule is O=C(CC(=O)OB(OF)OF)OF. The molecule has 0 aliphatic rings. The van der Waals surface area contributed by atoms with Crippen LogP contribution in [0.1, 0.15) is 6.42 Å². The number of carbonyl (C=O) groups is 2. The first-order valence-corrected chi connectivity index (χ1v) is 2.69. The molecule has 0 saturated heterocycles. The lowest BCUT2D eigenvalue weighted by atomic mass is 10.2. The van der Waals surface area contributed by atoms with Crippen LogP contribution < -0.4 is 0 Å². The van der Waals surface area contributed by atoms with Gasteiger partial charge in [-0.3, -0.25) is 9.74 Å². The molecule has 74 valence electrons. The molecule has 10 heteroatoms. The Morgan fingerprint density at radius 1 is 1.08 bits per heavy atom. The predicted molar refractivity (Wildman–Crippen MR) is 28.0 cm³/mol. The maximum atomic E-state index is 11.1. The molecule has 0 amide bonds. The average molecular weight is 202 g/mol. The summed E-state index contributed by atoms with van der Waals surface area (Å²) in [5, 5.41) is 0. The number of rotatable bonds is 5. The second-order valence-electron chi connectivity index (χ2n) is 1.58. The van der Waals surface area contributed by atoms with Crippen LogP contribution in [0.25, 0.3) is 0 Å². The molecule has 0 aromatic carbocycles. The molecule has 0 N–H and O–H groups in total. The van der Waals surface area contributed by atoms with Gasteiger partial charge >= 0.3 is 19.3 Å². The van der Waals surface area contributed by atoms with Gasteiger partial charge in [0.15, 0.2) is 0 Å². The van der Waals surface area contributed by atoms with Crippen LogP contribution in [0.5, 0.6) is 0 Å². The maximum absolute atomic E-state index is 11.1. The summed E-state index contributed by atoms with van der Waals surface area (Å²) in [5.41, 5.74) is 0. The largest absolute Gasteiger partial charge is 0.780 e. The molecule has 0 heterocycles. The predicted octanol–water partition coefficient (Wildman–Crippen LogP) is 0.134. The highest BCUT2D eigenvalue weighted by molar-refractivity contribution is 6.38. The lowest BCUT2D eigenvalue weighted by molar-refractivity contribution is -0.187. The van der Waals surface area contributed by atoms with Gasteiger partial charge in [-0.1, -0.05) is 9.05 Å². The average Bonchev–Trinajstić information content (AvgIpc) is 2.13. The first kappa shape index (κ1) is 11.7. The Balaban J connectivity index is 3.79. The van der Waals surface area contributed by atoms with Gasteiger partial charge in [0, 0.05) is 4.53 Å². The molecule has 0 aliphatic carbocycles. The summed E-state index contributed by atoms with van der Waals surface area (Å²) in [6, 6.07) is 0. The van der Waals surface area contributed by atoms with Crippen molar-refractivity contribution in [2.75, 3.05) is 0 Å². The van der Waals surface area contributed by atoms with E-state index in [1.54, 1.807) is 0 Å². The molecule has 6 nitrogen and oxygen atoms in total. The molecule has 0 unspecified atom stereocenters. The zero-order valence-corrected chi connectivity index (χ0v) is 5.87. The van der Waals surface area contributed by atoms with Gasteiger partial charge in [0.2, 0.25) is 0 Å². The fourth-order valence-corrected chi connectivity index (χ4v) is 0.344. The Morgan fingerprint density at radius 3 is 2.00 bits per heavy atom. The summed E-state index contributed by atoms with van der Waals surface area (Å²) < 4.78 is 36.8. The summed E-state index contributed by atoms with van der Waals surface area (Å²) in [4.78, 5) is 28.1. The van der Waals surface area contributed by atoms with E-state index in [1.807, 2.05) is 0 Å². The normalized spacial score (nSPS) is 9.15. The summed E-state index contributed by atoms with van der Waals surface area (Å²) in [6.45, 7) is 0. The van der Waals surface area contributed by atoms with Gasteiger partial charge in [0.1, 0.15) is 6.42 Å². The summed E-state index contributed by atoms with van der Waals surface area (Å²) >= 11 is 0. The van der Waals surface area contributed by atoms with E-state index in [9.17, 15) is 23.2 Å². The zero-order valence-electron chi connectivity index (χ0n) is 5.87. The number of hydrogen-bond donors (Lipinski definition) is 0. The van der Waals surface area contributed by atoms with E-state index in [2.05, 4.69) is 19.3 Å². The number of carbonyl (C=O) groups excluding carboxylic acids is 2. The molecule has 0 saturated carbocycles. The Bertz CT molecular complexity index is 184. The van der Waals surface area contributed by atoms with E-state index in [0.29, 0.717) is 0 Å². The third kappa shape index (κ3) is 5.03. The molecule has 0 radical (unpaired) electrons. The Morgan fingerprint density at radius 2 is 1.62 bits per heavy atom. The zero-order chi connectivity index (χ0) is 10.3. The maximum Gasteiger partial charge on any atom is 0.780 e. The topological polar surface area (TPSA) is 71.1 Å². The first-order valence-electron chi connectivity index (χ1n) is 2.69. The molecule has 0 atom stereocenters. The van der Waals surface area contributed by atoms with Gasteiger partial charge in [-0.15, -0.1) is 0 Å². The van der Waals surface area contributed by atoms with Crippen LogP contribution in [-0.4, -0.2) is 19.3 Å². The third-order valence-electron chi connectivity index (χ3n) is 0.748. The van der Waals surface area contributed by atoms with Gasteiger partial charge in [-0.25, -0.2) is 4.79 Å². The van der Waals surface area contributed by atoms with Gasteiger partial charge in [-0.05, 0) is 0 Å². The van der Waals surface area contributed by atoms with E-state index in [0.717, 1.165) is 0 Å². The molecule has 13 heavy (non-hydrogen) atoms. The quantitative estimate of drug-likeness (QED) is 0.466. The Labute approximate surface area is 69.4 Å². The van der Waals surface area contributed by atoms with Crippen LogP contribution in [0.2, 0.25) is 0 Å². The molecule has 0 fully saturated rings. The van der Waals surface area contributed by atoms with Gasteiger partial charge in [0.25, 0.3) is 0 Å². The van der Waals surface area contributed by atoms with Gasteiger partial charge < -0.3 is 4.65 Å². The van der Waals surface area contributed by atoms with Crippen LogP contribution in [0.4, 0.5) is 13.6 Å². The van der Waals surface area contributed by atoms with Crippen molar-refractivity contribution in [2.24, 2.45) is 0 Å². The Kier molecular flexibility index (Phi) is 5.64. The van der Waals surface area contributed by atoms with Crippen molar-refractivity contribution in [1.82, 2.24) is 0 Å². The Hall–Kier alpha value is -1.29. The van der Waals surface area contributed by atoms with E-state index in [-0.39, 0.29) is 0 Å². The molecule has 0 aromatic heterocycles. The smallest absolute Gasteiger partial charge is 0.481 e. The molecule has 0 bridgehead atoms. The van der Waals surface area contributed by atoms with Crippen molar-refractivity contribution < 1.29 is 42.5 Å². The molecular formula is C3H2BF3O6. The third-order valence-corrected chi connectivity index (χ3v) is 0.748. The molecule has 0 spiro atoms. The van der Waals surface area contributed by atoms with Crippen molar-refractivity contribution in [3.05, 3.63) is 0 Å². The van der Waals surface area contributed by atoms with Crippen molar-refractivity contribution in [2.45, 2.75) is 6.42 Å². The second kappa shape index (κ2) is 6.26. The van der Waals surface area contributed by atoms with E-state index in [1.165, 1.54) is 0 Å². The van der Waals surface area contributed by atoms with E-state index >= 15 is 0 Å². The van der Waals surface area contributed by atoms with Gasteiger partial charge in [-0.2, -0.15) is 9.72 Å². The first-order chi connectivity index (χ1) is 6.13. The molecular weight excluding hydrogens is 200 g/mol. The van der Waals surface area contributed by atoms with Crippen molar-refractivity contribution >= 4 is 19.3 Å². The van der Waals surface area contributed by atoms with Crippen LogP contribution in [0.15, 0.2) is 0 Å². The second-order valence-corrected chi connectivity index (χ2v) is 1.58. The molecule has 0 aromatic rings. The lowest BCUT2D eigenvalue weighted by Gasteiger charge is -2.01. The fourth-order valence-electron chi connectivity index (χ4n) is 0.344. The minimum Gasteiger partial charge on any atom is -0.481 e.